The highest BCUT2D eigenvalue weighted by atomic mass is 19.4. The minimum atomic E-state index is -4.59. The summed E-state index contributed by atoms with van der Waals surface area (Å²) >= 11 is 0. The summed E-state index contributed by atoms with van der Waals surface area (Å²) in [4.78, 5) is 29.6. The highest BCUT2D eigenvalue weighted by Crippen LogP contribution is 2.33. The number of nitrogens with zero attached hydrogens (tertiary/aromatic N) is 4. The first-order chi connectivity index (χ1) is 16.0. The molecule has 34 heavy (non-hydrogen) atoms. The lowest BCUT2D eigenvalue weighted by atomic mass is 10.1. The molecule has 1 heterocycles. The van der Waals surface area contributed by atoms with Crippen molar-refractivity contribution in [3.05, 3.63) is 60.2 Å². The minimum Gasteiger partial charge on any atom is -0.482 e. The molecule has 2 amide bonds. The van der Waals surface area contributed by atoms with Gasteiger partial charge in [-0.3, -0.25) is 9.59 Å². The topological polar surface area (TPSA) is 101 Å². The fourth-order valence-electron chi connectivity index (χ4n) is 2.88. The molecule has 0 aliphatic rings. The second-order valence-electron chi connectivity index (χ2n) is 7.55. The van der Waals surface area contributed by atoms with E-state index in [1.165, 1.54) is 28.3 Å². The number of carbonyl (C=O) groups excluding carboxylic acids is 2. The lowest BCUT2D eigenvalue weighted by molar-refractivity contribution is -0.137. The molecule has 0 atom stereocenters. The van der Waals surface area contributed by atoms with Crippen LogP contribution in [-0.2, 0) is 15.8 Å². The van der Waals surface area contributed by atoms with Crippen molar-refractivity contribution in [2.45, 2.75) is 13.1 Å². The number of hydrogen-bond donors (Lipinski definition) is 2. The van der Waals surface area contributed by atoms with Gasteiger partial charge in [0.05, 0.1) is 29.2 Å². The molecule has 0 radical (unpaired) electrons. The van der Waals surface area contributed by atoms with E-state index in [9.17, 15) is 22.8 Å². The number of nitrogens with one attached hydrogen (secondary N) is 2. The van der Waals surface area contributed by atoms with Gasteiger partial charge in [0.15, 0.2) is 6.61 Å². The Kier molecular flexibility index (Phi) is 7.39. The summed E-state index contributed by atoms with van der Waals surface area (Å²) in [6.07, 6.45) is -2.05. The number of amides is 2. The van der Waals surface area contributed by atoms with Crippen molar-refractivity contribution >= 4 is 23.2 Å². The molecule has 2 aromatic carbocycles. The maximum absolute atomic E-state index is 13.2. The third-order valence-electron chi connectivity index (χ3n) is 4.69. The molecule has 2 N–H and O–H groups in total. The maximum atomic E-state index is 13.2. The van der Waals surface area contributed by atoms with Gasteiger partial charge in [-0.25, -0.2) is 9.67 Å². The first-order valence-corrected chi connectivity index (χ1v) is 10.1. The van der Waals surface area contributed by atoms with Gasteiger partial charge in [-0.05, 0) is 42.8 Å². The fraction of sp³-hybridized carbons (Fsp3) is 0.273. The fourth-order valence-corrected chi connectivity index (χ4v) is 2.88. The summed E-state index contributed by atoms with van der Waals surface area (Å²) < 4.78 is 46.4. The number of aryl methyl sites for hydroxylation is 1. The van der Waals surface area contributed by atoms with Crippen molar-refractivity contribution in [2.75, 3.05) is 37.9 Å². The summed E-state index contributed by atoms with van der Waals surface area (Å²) in [5.41, 5.74) is 0.556. The van der Waals surface area contributed by atoms with E-state index >= 15 is 0 Å². The van der Waals surface area contributed by atoms with Crippen molar-refractivity contribution in [3.8, 4) is 11.4 Å². The van der Waals surface area contributed by atoms with E-state index in [1.54, 1.807) is 32.3 Å². The number of halogens is 3. The van der Waals surface area contributed by atoms with Crippen LogP contribution in [0.3, 0.4) is 0 Å². The SMILES string of the molecule is Cc1ccc(NCC(=O)Nc2cc(C(F)(F)F)ccc2-n2cncn2)c(OCC(=O)N(C)C)c1. The number of benzene rings is 2. The van der Waals surface area contributed by atoms with Gasteiger partial charge in [0.25, 0.3) is 5.91 Å². The number of aromatic nitrogens is 3. The highest BCUT2D eigenvalue weighted by molar-refractivity contribution is 5.95. The molecule has 0 saturated heterocycles. The molecule has 0 bridgehead atoms. The third kappa shape index (κ3) is 6.24. The smallest absolute Gasteiger partial charge is 0.416 e. The van der Waals surface area contributed by atoms with Crippen molar-refractivity contribution in [2.24, 2.45) is 0 Å². The van der Waals surface area contributed by atoms with Crippen LogP contribution in [0.5, 0.6) is 5.75 Å². The molecule has 0 aliphatic heterocycles. The van der Waals surface area contributed by atoms with Crippen LogP contribution in [0.15, 0.2) is 49.1 Å². The molecule has 0 unspecified atom stereocenters. The van der Waals surface area contributed by atoms with Crippen LogP contribution in [0.1, 0.15) is 11.1 Å². The average molecular weight is 476 g/mol. The monoisotopic (exact) mass is 476 g/mol. The molecule has 0 saturated carbocycles. The Hall–Kier alpha value is -4.09. The van der Waals surface area contributed by atoms with Gasteiger partial charge in [-0.15, -0.1) is 0 Å². The van der Waals surface area contributed by atoms with E-state index in [-0.39, 0.29) is 30.4 Å². The Labute approximate surface area is 193 Å². The Morgan fingerprint density at radius 2 is 1.88 bits per heavy atom. The van der Waals surface area contributed by atoms with Crippen LogP contribution >= 0.6 is 0 Å². The molecule has 0 aliphatic carbocycles. The largest absolute Gasteiger partial charge is 0.482 e. The van der Waals surface area contributed by atoms with Crippen molar-refractivity contribution in [1.29, 1.82) is 0 Å². The van der Waals surface area contributed by atoms with E-state index in [1.807, 2.05) is 6.92 Å². The van der Waals surface area contributed by atoms with E-state index in [0.717, 1.165) is 17.7 Å². The van der Waals surface area contributed by atoms with Gasteiger partial charge in [-0.2, -0.15) is 18.3 Å². The second kappa shape index (κ2) is 10.2. The normalized spacial score (nSPS) is 11.1. The molecule has 1 aromatic heterocycles. The summed E-state index contributed by atoms with van der Waals surface area (Å²) in [7, 11) is 3.21. The first-order valence-electron chi connectivity index (χ1n) is 10.1. The molecule has 3 aromatic rings. The predicted molar refractivity (Wildman–Crippen MR) is 119 cm³/mol. The van der Waals surface area contributed by atoms with Crippen molar-refractivity contribution < 1.29 is 27.5 Å². The van der Waals surface area contributed by atoms with Gasteiger partial charge < -0.3 is 20.3 Å². The van der Waals surface area contributed by atoms with E-state index in [4.69, 9.17) is 4.74 Å². The molecule has 0 spiro atoms. The quantitative estimate of drug-likeness (QED) is 0.518. The van der Waals surface area contributed by atoms with Gasteiger partial charge in [-0.1, -0.05) is 6.07 Å². The molecular formula is C22H23F3N6O3. The summed E-state index contributed by atoms with van der Waals surface area (Å²) in [5.74, 6) is -0.475. The zero-order valence-corrected chi connectivity index (χ0v) is 18.7. The van der Waals surface area contributed by atoms with E-state index in [2.05, 4.69) is 20.7 Å². The van der Waals surface area contributed by atoms with E-state index < -0.39 is 17.6 Å². The zero-order valence-electron chi connectivity index (χ0n) is 18.7. The average Bonchev–Trinajstić information content (AvgIpc) is 3.30. The van der Waals surface area contributed by atoms with Crippen LogP contribution in [-0.4, -0.2) is 58.7 Å². The first kappa shape index (κ1) is 24.6. The number of ether oxygens (including phenoxy) is 1. The number of anilines is 2. The molecule has 12 heteroatoms. The molecule has 180 valence electrons. The predicted octanol–water partition coefficient (Wildman–Crippen LogP) is 3.11. The van der Waals surface area contributed by atoms with Gasteiger partial charge >= 0.3 is 6.18 Å². The number of rotatable bonds is 8. The molecular weight excluding hydrogens is 453 g/mol. The zero-order chi connectivity index (χ0) is 24.9. The van der Waals surface area contributed by atoms with Crippen molar-refractivity contribution in [1.82, 2.24) is 19.7 Å². The number of likely N-dealkylation sites (N-methyl/N-ethyl adjacent to an activating group) is 1. The Bertz CT molecular complexity index is 1160. The lowest BCUT2D eigenvalue weighted by Crippen LogP contribution is -2.28. The number of carbonyl (C=O) groups is 2. The third-order valence-corrected chi connectivity index (χ3v) is 4.69. The Balaban J connectivity index is 1.75. The Morgan fingerprint density at radius 1 is 1.12 bits per heavy atom. The number of alkyl halides is 3. The summed E-state index contributed by atoms with van der Waals surface area (Å²) in [6, 6.07) is 8.12. The molecule has 0 fully saturated rings. The van der Waals surface area contributed by atoms with Crippen molar-refractivity contribution in [3.63, 3.8) is 0 Å². The molecule has 9 nitrogen and oxygen atoms in total. The second-order valence-corrected chi connectivity index (χ2v) is 7.55. The maximum Gasteiger partial charge on any atom is 0.416 e. The van der Waals surface area contributed by atoms with Crippen LogP contribution in [0.2, 0.25) is 0 Å². The summed E-state index contributed by atoms with van der Waals surface area (Å²) in [5, 5.41) is 9.30. The van der Waals surface area contributed by atoms with Gasteiger partial charge in [0, 0.05) is 14.1 Å². The lowest BCUT2D eigenvalue weighted by Gasteiger charge is -2.17. The van der Waals surface area contributed by atoms with Crippen LogP contribution in [0.4, 0.5) is 24.5 Å². The number of hydrogen-bond acceptors (Lipinski definition) is 6. The summed E-state index contributed by atoms with van der Waals surface area (Å²) in [6.45, 7) is 1.38. The minimum absolute atomic E-state index is 0.0796. The van der Waals surface area contributed by atoms with Gasteiger partial charge in [0.2, 0.25) is 5.91 Å². The standard InChI is InChI=1S/C22H23F3N6O3/c1-14-4-6-16(19(8-14)34-11-21(33)30(2)3)27-10-20(32)29-17-9-15(22(23,24)25)5-7-18(17)31-13-26-12-28-31/h4-9,12-13,27H,10-11H2,1-3H3,(H,29,32). The van der Waals surface area contributed by atoms with Crippen LogP contribution in [0, 0.1) is 6.92 Å². The van der Waals surface area contributed by atoms with Gasteiger partial charge in [0.1, 0.15) is 18.4 Å². The van der Waals surface area contributed by atoms with E-state index in [0.29, 0.717) is 11.4 Å². The Morgan fingerprint density at radius 3 is 2.53 bits per heavy atom. The van der Waals surface area contributed by atoms with Crippen LogP contribution < -0.4 is 15.4 Å². The molecule has 3 rings (SSSR count). The van der Waals surface area contributed by atoms with Crippen LogP contribution in [0.25, 0.3) is 5.69 Å². The highest BCUT2D eigenvalue weighted by Gasteiger charge is 2.31.